The maximum atomic E-state index is 6.53. The van der Waals surface area contributed by atoms with Crippen LogP contribution in [0.25, 0.3) is 0 Å². The molecule has 4 heteroatoms. The number of hydrogen-bond acceptors (Lipinski definition) is 3. The van der Waals surface area contributed by atoms with Gasteiger partial charge in [-0.05, 0) is 43.9 Å². The normalized spacial score (nSPS) is 22.0. The Morgan fingerprint density at radius 2 is 1.29 bits per heavy atom. The summed E-state index contributed by atoms with van der Waals surface area (Å²) in [5.41, 5.74) is 0. The Morgan fingerprint density at radius 1 is 0.833 bits per heavy atom. The number of hydrogen-bond donors (Lipinski definition) is 0. The minimum absolute atomic E-state index is 0.0745. The predicted octanol–water partition coefficient (Wildman–Crippen LogP) is 5.96. The number of unbranched alkanes of at least 4 members (excludes halogenated alkanes) is 1. The van der Waals surface area contributed by atoms with Gasteiger partial charge in [-0.1, -0.05) is 58.8 Å². The average molecular weight is 357 g/mol. The summed E-state index contributed by atoms with van der Waals surface area (Å²) < 4.78 is 18.9. The van der Waals surface area contributed by atoms with Gasteiger partial charge < -0.3 is 13.3 Å². The molecule has 0 radical (unpaired) electrons. The lowest BCUT2D eigenvalue weighted by molar-refractivity contribution is 0.0207. The maximum absolute atomic E-state index is 6.53. The molecule has 0 bridgehead atoms. The highest BCUT2D eigenvalue weighted by Gasteiger charge is 2.63. The number of rotatable bonds is 9. The van der Waals surface area contributed by atoms with Crippen LogP contribution in [-0.2, 0) is 13.3 Å². The summed E-state index contributed by atoms with van der Waals surface area (Å²) in [5, 5.41) is 0.0745. The van der Waals surface area contributed by atoms with E-state index in [1.165, 1.54) is 64.2 Å². The first-order valence-electron chi connectivity index (χ1n) is 10.4. The highest BCUT2D eigenvalue weighted by atomic mass is 28.4. The van der Waals surface area contributed by atoms with Gasteiger partial charge in [-0.15, -0.1) is 0 Å². The highest BCUT2D eigenvalue weighted by Crippen LogP contribution is 2.59. The average Bonchev–Trinajstić information content (AvgIpc) is 2.66. The second-order valence-electron chi connectivity index (χ2n) is 8.12. The van der Waals surface area contributed by atoms with Crippen LogP contribution in [0.4, 0.5) is 0 Å². The van der Waals surface area contributed by atoms with E-state index >= 15 is 0 Å². The van der Waals surface area contributed by atoms with Crippen molar-refractivity contribution in [1.82, 2.24) is 0 Å². The standard InChI is InChI=1S/C20H40O3Si/c1-5-6-17-23-24(21-3,22-4)20(2,18-13-9-7-10-14-18)19-15-11-8-12-16-19/h18-19H,5-17H2,1-4H3. The molecule has 0 aromatic rings. The third-order valence-electron chi connectivity index (χ3n) is 6.89. The molecule has 0 spiro atoms. The van der Waals surface area contributed by atoms with Crippen molar-refractivity contribution in [3.8, 4) is 0 Å². The second-order valence-corrected chi connectivity index (χ2v) is 11.4. The smallest absolute Gasteiger partial charge is 0.376 e. The zero-order chi connectivity index (χ0) is 17.5. The summed E-state index contributed by atoms with van der Waals surface area (Å²) in [6.45, 7) is 5.47. The Hall–Kier alpha value is 0.0969. The first-order valence-corrected chi connectivity index (χ1v) is 12.1. The van der Waals surface area contributed by atoms with Gasteiger partial charge in [0.1, 0.15) is 0 Å². The van der Waals surface area contributed by atoms with Crippen LogP contribution in [-0.4, -0.2) is 29.6 Å². The van der Waals surface area contributed by atoms with Crippen LogP contribution in [0.2, 0.25) is 5.04 Å². The molecule has 0 aromatic carbocycles. The van der Waals surface area contributed by atoms with E-state index in [2.05, 4.69) is 13.8 Å². The molecule has 0 amide bonds. The lowest BCUT2D eigenvalue weighted by atomic mass is 9.69. The summed E-state index contributed by atoms with van der Waals surface area (Å²) >= 11 is 0. The third kappa shape index (κ3) is 4.08. The van der Waals surface area contributed by atoms with Crippen molar-refractivity contribution < 1.29 is 13.3 Å². The molecule has 3 nitrogen and oxygen atoms in total. The summed E-state index contributed by atoms with van der Waals surface area (Å²) in [5.74, 6) is 1.39. The van der Waals surface area contributed by atoms with E-state index < -0.39 is 8.80 Å². The van der Waals surface area contributed by atoms with Crippen LogP contribution in [0.15, 0.2) is 0 Å². The lowest BCUT2D eigenvalue weighted by Crippen LogP contribution is -2.60. The topological polar surface area (TPSA) is 27.7 Å². The molecule has 0 saturated heterocycles. The Labute approximate surface area is 151 Å². The van der Waals surface area contributed by atoms with E-state index in [1.54, 1.807) is 0 Å². The van der Waals surface area contributed by atoms with Crippen molar-refractivity contribution >= 4 is 8.80 Å². The van der Waals surface area contributed by atoms with Crippen molar-refractivity contribution in [2.45, 2.75) is 95.9 Å². The van der Waals surface area contributed by atoms with Gasteiger partial charge in [-0.25, -0.2) is 0 Å². The van der Waals surface area contributed by atoms with Gasteiger partial charge in [-0.3, -0.25) is 0 Å². The van der Waals surface area contributed by atoms with Crippen LogP contribution in [0, 0.1) is 11.8 Å². The van der Waals surface area contributed by atoms with Crippen molar-refractivity contribution in [2.24, 2.45) is 11.8 Å². The van der Waals surface area contributed by atoms with Crippen LogP contribution in [0.1, 0.15) is 90.9 Å². The molecule has 0 unspecified atom stereocenters. The van der Waals surface area contributed by atoms with Gasteiger partial charge in [-0.2, -0.15) is 0 Å². The first-order chi connectivity index (χ1) is 11.6. The monoisotopic (exact) mass is 356 g/mol. The first kappa shape index (κ1) is 20.4. The van der Waals surface area contributed by atoms with Crippen LogP contribution in [0.5, 0.6) is 0 Å². The minimum atomic E-state index is -2.71. The summed E-state index contributed by atoms with van der Waals surface area (Å²) in [6, 6.07) is 0. The van der Waals surface area contributed by atoms with E-state index in [1.807, 2.05) is 14.2 Å². The minimum Gasteiger partial charge on any atom is -0.376 e. The molecule has 0 aromatic heterocycles. The molecule has 2 aliphatic rings. The van der Waals surface area contributed by atoms with Crippen molar-refractivity contribution in [3.05, 3.63) is 0 Å². The Morgan fingerprint density at radius 3 is 1.67 bits per heavy atom. The fourth-order valence-corrected chi connectivity index (χ4v) is 8.97. The van der Waals surface area contributed by atoms with Gasteiger partial charge in [0, 0.05) is 25.9 Å². The van der Waals surface area contributed by atoms with Crippen LogP contribution >= 0.6 is 0 Å². The molecule has 0 atom stereocenters. The van der Waals surface area contributed by atoms with Gasteiger partial charge in [0.05, 0.1) is 0 Å². The largest absolute Gasteiger partial charge is 0.507 e. The Kier molecular flexibility index (Phi) is 8.25. The van der Waals surface area contributed by atoms with E-state index in [-0.39, 0.29) is 5.04 Å². The predicted molar refractivity (Wildman–Crippen MR) is 102 cm³/mol. The van der Waals surface area contributed by atoms with E-state index in [4.69, 9.17) is 13.3 Å². The van der Waals surface area contributed by atoms with Crippen molar-refractivity contribution in [3.63, 3.8) is 0 Å². The molecular formula is C20H40O3Si. The molecule has 2 rings (SSSR count). The molecule has 2 fully saturated rings. The molecule has 0 N–H and O–H groups in total. The van der Waals surface area contributed by atoms with Crippen LogP contribution < -0.4 is 0 Å². The Balaban J connectivity index is 2.32. The van der Waals surface area contributed by atoms with E-state index in [0.717, 1.165) is 19.4 Å². The zero-order valence-corrected chi connectivity index (χ0v) is 17.6. The van der Waals surface area contributed by atoms with Gasteiger partial charge in [0.25, 0.3) is 0 Å². The Bertz CT molecular complexity index is 327. The second kappa shape index (κ2) is 9.70. The highest BCUT2D eigenvalue weighted by molar-refractivity contribution is 6.64. The third-order valence-corrected chi connectivity index (χ3v) is 10.7. The summed E-state index contributed by atoms with van der Waals surface area (Å²) in [4.78, 5) is 0. The lowest BCUT2D eigenvalue weighted by Gasteiger charge is -2.53. The van der Waals surface area contributed by atoms with E-state index in [9.17, 15) is 0 Å². The SMILES string of the molecule is CCCCO[Si](OC)(OC)C(C)(C1CCCCC1)C1CCCCC1. The molecular weight excluding hydrogens is 316 g/mol. The summed E-state index contributed by atoms with van der Waals surface area (Å²) in [6.07, 6.45) is 15.8. The molecule has 24 heavy (non-hydrogen) atoms. The fraction of sp³-hybridized carbons (Fsp3) is 1.00. The molecule has 142 valence electrons. The van der Waals surface area contributed by atoms with Gasteiger partial charge in [0.2, 0.25) is 0 Å². The fourth-order valence-electron chi connectivity index (χ4n) is 5.39. The zero-order valence-electron chi connectivity index (χ0n) is 16.6. The van der Waals surface area contributed by atoms with Crippen molar-refractivity contribution in [2.75, 3.05) is 20.8 Å². The molecule has 2 saturated carbocycles. The maximum Gasteiger partial charge on any atom is 0.507 e. The van der Waals surface area contributed by atoms with Crippen LogP contribution in [0.3, 0.4) is 0 Å². The van der Waals surface area contributed by atoms with Gasteiger partial charge in [0.15, 0.2) is 0 Å². The van der Waals surface area contributed by atoms with Crippen molar-refractivity contribution in [1.29, 1.82) is 0 Å². The van der Waals surface area contributed by atoms with Gasteiger partial charge >= 0.3 is 8.80 Å². The molecule has 2 aliphatic carbocycles. The van der Waals surface area contributed by atoms with E-state index in [0.29, 0.717) is 11.8 Å². The quantitative estimate of drug-likeness (QED) is 0.377. The molecule has 0 heterocycles. The molecule has 0 aliphatic heterocycles. The summed E-state index contributed by atoms with van der Waals surface area (Å²) in [7, 11) is 0.969.